The highest BCUT2D eigenvalue weighted by atomic mass is 32.2. The Morgan fingerprint density at radius 3 is 2.45 bits per heavy atom. The Labute approximate surface area is 133 Å². The number of aromatic nitrogens is 3. The Balaban J connectivity index is 1.80. The van der Waals surface area contributed by atoms with E-state index in [1.807, 2.05) is 66.1 Å². The van der Waals surface area contributed by atoms with Gasteiger partial charge in [-0.25, -0.2) is 0 Å². The summed E-state index contributed by atoms with van der Waals surface area (Å²) < 4.78 is 2.05. The van der Waals surface area contributed by atoms with Crippen LogP contribution in [0.5, 0.6) is 0 Å². The first kappa shape index (κ1) is 14.4. The fraction of sp³-hybridized carbons (Fsp3) is 0.118. The average molecular weight is 306 g/mol. The second-order valence-electron chi connectivity index (χ2n) is 4.80. The van der Waals surface area contributed by atoms with Crippen molar-refractivity contribution in [2.45, 2.75) is 17.8 Å². The summed E-state index contributed by atoms with van der Waals surface area (Å²) in [5, 5.41) is 18.1. The largest absolute Gasteiger partial charge is 0.274 e. The Morgan fingerprint density at radius 2 is 1.77 bits per heavy atom. The first-order valence-corrected chi connectivity index (χ1v) is 7.86. The fourth-order valence-corrected chi connectivity index (χ4v) is 3.09. The van der Waals surface area contributed by atoms with Crippen LogP contribution >= 0.6 is 11.8 Å². The molecular formula is C17H14N4S. The molecule has 108 valence electrons. The zero-order valence-corrected chi connectivity index (χ0v) is 12.9. The van der Waals surface area contributed by atoms with Crippen molar-refractivity contribution in [3.63, 3.8) is 0 Å². The second kappa shape index (κ2) is 6.46. The monoisotopic (exact) mass is 306 g/mol. The maximum absolute atomic E-state index is 8.82. The van der Waals surface area contributed by atoms with E-state index >= 15 is 0 Å². The van der Waals surface area contributed by atoms with E-state index in [4.69, 9.17) is 5.26 Å². The molecule has 2 aromatic carbocycles. The average Bonchev–Trinajstić information content (AvgIpc) is 2.95. The molecule has 0 fully saturated rings. The van der Waals surface area contributed by atoms with E-state index in [0.29, 0.717) is 5.56 Å². The Hall–Kier alpha value is -2.58. The molecule has 22 heavy (non-hydrogen) atoms. The van der Waals surface area contributed by atoms with Crippen molar-refractivity contribution in [3.05, 3.63) is 71.5 Å². The summed E-state index contributed by atoms with van der Waals surface area (Å²) in [7, 11) is 0. The fourth-order valence-electron chi connectivity index (χ4n) is 2.13. The zero-order valence-electron chi connectivity index (χ0n) is 12.1. The first-order valence-electron chi connectivity index (χ1n) is 6.87. The molecular weight excluding hydrogens is 292 g/mol. The van der Waals surface area contributed by atoms with E-state index in [0.717, 1.165) is 28.0 Å². The van der Waals surface area contributed by atoms with Gasteiger partial charge in [-0.05, 0) is 36.8 Å². The van der Waals surface area contributed by atoms with Gasteiger partial charge in [-0.15, -0.1) is 10.2 Å². The maximum atomic E-state index is 8.82. The maximum Gasteiger partial charge on any atom is 0.196 e. The number of nitriles is 1. The SMILES string of the molecule is Cc1nnc(SCc2ccc(C#N)cc2)n1-c1ccccc1. The van der Waals surface area contributed by atoms with Gasteiger partial charge in [0.05, 0.1) is 11.6 Å². The van der Waals surface area contributed by atoms with Gasteiger partial charge < -0.3 is 0 Å². The Morgan fingerprint density at radius 1 is 1.05 bits per heavy atom. The minimum absolute atomic E-state index is 0.678. The highest BCUT2D eigenvalue weighted by Gasteiger charge is 2.11. The molecule has 3 rings (SSSR count). The zero-order chi connectivity index (χ0) is 15.4. The predicted octanol–water partition coefficient (Wildman–Crippen LogP) is 3.74. The van der Waals surface area contributed by atoms with Crippen LogP contribution in [0.3, 0.4) is 0 Å². The minimum Gasteiger partial charge on any atom is -0.274 e. The number of thioether (sulfide) groups is 1. The smallest absolute Gasteiger partial charge is 0.196 e. The van der Waals surface area contributed by atoms with E-state index in [1.165, 1.54) is 0 Å². The molecule has 0 saturated heterocycles. The third kappa shape index (κ3) is 3.02. The number of hydrogen-bond acceptors (Lipinski definition) is 4. The van der Waals surface area contributed by atoms with Gasteiger partial charge in [0.2, 0.25) is 0 Å². The molecule has 4 nitrogen and oxygen atoms in total. The number of aryl methyl sites for hydroxylation is 1. The van der Waals surface area contributed by atoms with Crippen LogP contribution < -0.4 is 0 Å². The van der Waals surface area contributed by atoms with Gasteiger partial charge in [0, 0.05) is 11.4 Å². The third-order valence-corrected chi connectivity index (χ3v) is 4.26. The Kier molecular flexibility index (Phi) is 4.22. The molecule has 0 saturated carbocycles. The Bertz CT molecular complexity index is 801. The van der Waals surface area contributed by atoms with Gasteiger partial charge in [-0.3, -0.25) is 4.57 Å². The quantitative estimate of drug-likeness (QED) is 0.689. The van der Waals surface area contributed by atoms with Crippen molar-refractivity contribution in [3.8, 4) is 11.8 Å². The van der Waals surface area contributed by atoms with Crippen LogP contribution in [0.15, 0.2) is 59.8 Å². The van der Waals surface area contributed by atoms with Gasteiger partial charge in [-0.2, -0.15) is 5.26 Å². The summed E-state index contributed by atoms with van der Waals surface area (Å²) in [6.07, 6.45) is 0. The molecule has 0 aliphatic rings. The van der Waals surface area contributed by atoms with Crippen LogP contribution in [-0.2, 0) is 5.75 Å². The number of rotatable bonds is 4. The van der Waals surface area contributed by atoms with Gasteiger partial charge in [0.25, 0.3) is 0 Å². The third-order valence-electron chi connectivity index (χ3n) is 3.26. The molecule has 0 atom stereocenters. The van der Waals surface area contributed by atoms with Gasteiger partial charge in [0.15, 0.2) is 5.16 Å². The molecule has 0 radical (unpaired) electrons. The van der Waals surface area contributed by atoms with Crippen LogP contribution in [0, 0.1) is 18.3 Å². The van der Waals surface area contributed by atoms with E-state index in [1.54, 1.807) is 11.8 Å². The summed E-state index contributed by atoms with van der Waals surface area (Å²) in [5.74, 6) is 1.66. The lowest BCUT2D eigenvalue weighted by Crippen LogP contribution is -1.98. The van der Waals surface area contributed by atoms with Crippen molar-refractivity contribution in [1.82, 2.24) is 14.8 Å². The van der Waals surface area contributed by atoms with Crippen LogP contribution in [0.1, 0.15) is 17.0 Å². The molecule has 1 heterocycles. The van der Waals surface area contributed by atoms with Gasteiger partial charge in [-0.1, -0.05) is 42.1 Å². The van der Waals surface area contributed by atoms with E-state index in [-0.39, 0.29) is 0 Å². The number of para-hydroxylation sites is 1. The molecule has 0 unspecified atom stereocenters. The number of hydrogen-bond donors (Lipinski definition) is 0. The van der Waals surface area contributed by atoms with Crippen LogP contribution in [0.2, 0.25) is 0 Å². The lowest BCUT2D eigenvalue weighted by atomic mass is 10.2. The van der Waals surface area contributed by atoms with Crippen molar-refractivity contribution in [2.75, 3.05) is 0 Å². The highest BCUT2D eigenvalue weighted by molar-refractivity contribution is 7.98. The normalized spacial score (nSPS) is 10.4. The highest BCUT2D eigenvalue weighted by Crippen LogP contribution is 2.25. The van der Waals surface area contributed by atoms with E-state index < -0.39 is 0 Å². The van der Waals surface area contributed by atoms with Crippen LogP contribution in [0.25, 0.3) is 5.69 Å². The lowest BCUT2D eigenvalue weighted by molar-refractivity contribution is 0.868. The van der Waals surface area contributed by atoms with Gasteiger partial charge >= 0.3 is 0 Å². The van der Waals surface area contributed by atoms with Crippen molar-refractivity contribution >= 4 is 11.8 Å². The molecule has 1 aromatic heterocycles. The summed E-state index contributed by atoms with van der Waals surface area (Å²) >= 11 is 1.64. The molecule has 0 aliphatic carbocycles. The van der Waals surface area contributed by atoms with Crippen LogP contribution in [-0.4, -0.2) is 14.8 Å². The van der Waals surface area contributed by atoms with E-state index in [9.17, 15) is 0 Å². The minimum atomic E-state index is 0.678. The number of benzene rings is 2. The summed E-state index contributed by atoms with van der Waals surface area (Å²) in [4.78, 5) is 0. The van der Waals surface area contributed by atoms with Crippen molar-refractivity contribution in [1.29, 1.82) is 5.26 Å². The van der Waals surface area contributed by atoms with Crippen molar-refractivity contribution in [2.24, 2.45) is 0 Å². The second-order valence-corrected chi connectivity index (χ2v) is 5.74. The summed E-state index contributed by atoms with van der Waals surface area (Å²) in [5.41, 5.74) is 2.90. The predicted molar refractivity (Wildman–Crippen MR) is 86.8 cm³/mol. The van der Waals surface area contributed by atoms with Crippen LogP contribution in [0.4, 0.5) is 0 Å². The lowest BCUT2D eigenvalue weighted by Gasteiger charge is -2.08. The molecule has 0 amide bonds. The summed E-state index contributed by atoms with van der Waals surface area (Å²) in [6.45, 7) is 1.95. The standard InChI is InChI=1S/C17H14N4S/c1-13-19-20-17(21(13)16-5-3-2-4-6-16)22-12-15-9-7-14(11-18)8-10-15/h2-10H,12H2,1H3. The number of nitrogens with zero attached hydrogens (tertiary/aromatic N) is 4. The molecule has 5 heteroatoms. The molecule has 0 aliphatic heterocycles. The van der Waals surface area contributed by atoms with E-state index in [2.05, 4.69) is 16.3 Å². The molecule has 0 bridgehead atoms. The molecule has 3 aromatic rings. The molecule has 0 spiro atoms. The molecule has 0 N–H and O–H groups in total. The first-order chi connectivity index (χ1) is 10.8. The van der Waals surface area contributed by atoms with Crippen molar-refractivity contribution < 1.29 is 0 Å². The van der Waals surface area contributed by atoms with Gasteiger partial charge in [0.1, 0.15) is 5.82 Å². The summed E-state index contributed by atoms with van der Waals surface area (Å²) in [6, 6.07) is 19.8. The topological polar surface area (TPSA) is 54.5 Å².